The number of aliphatic hydroxyl groups excluding tert-OH is 1. The molecule has 124 valence electrons. The molecule has 0 aromatic carbocycles. The quantitative estimate of drug-likeness (QED) is 0.665. The number of nitrogens with one attached hydrogen (secondary N) is 1. The molecule has 2 aliphatic rings. The minimum absolute atomic E-state index is 0.237. The lowest BCUT2D eigenvalue weighted by Gasteiger charge is -2.37. The molecule has 1 aliphatic heterocycles. The van der Waals surface area contributed by atoms with Crippen molar-refractivity contribution in [3.63, 3.8) is 0 Å². The topological polar surface area (TPSA) is 54.0 Å². The van der Waals surface area contributed by atoms with Crippen molar-refractivity contribution in [1.82, 2.24) is 10.2 Å². The fourth-order valence-corrected chi connectivity index (χ4v) is 3.46. The molecule has 5 nitrogen and oxygen atoms in total. The number of hydrogen-bond acceptors (Lipinski definition) is 5. The van der Waals surface area contributed by atoms with Crippen LogP contribution in [0.3, 0.4) is 0 Å². The van der Waals surface area contributed by atoms with Crippen LogP contribution >= 0.6 is 0 Å². The summed E-state index contributed by atoms with van der Waals surface area (Å²) in [5.41, 5.74) is 0.276. The van der Waals surface area contributed by atoms with Gasteiger partial charge in [-0.1, -0.05) is 12.8 Å². The summed E-state index contributed by atoms with van der Waals surface area (Å²) < 4.78 is 11.0. The number of aliphatic hydroxyl groups is 1. The van der Waals surface area contributed by atoms with Gasteiger partial charge in [0.25, 0.3) is 0 Å². The third-order valence-corrected chi connectivity index (χ3v) is 4.95. The first kappa shape index (κ1) is 17.2. The third kappa shape index (κ3) is 5.18. The molecule has 2 fully saturated rings. The second-order valence-electron chi connectivity index (χ2n) is 6.78. The van der Waals surface area contributed by atoms with Gasteiger partial charge in [0.05, 0.1) is 25.4 Å². The summed E-state index contributed by atoms with van der Waals surface area (Å²) in [6.07, 6.45) is 7.13. The van der Waals surface area contributed by atoms with Crippen molar-refractivity contribution in [2.75, 3.05) is 47.0 Å². The van der Waals surface area contributed by atoms with E-state index in [1.54, 1.807) is 0 Å². The Morgan fingerprint density at radius 2 is 2.10 bits per heavy atom. The largest absolute Gasteiger partial charge is 0.389 e. The molecule has 2 atom stereocenters. The van der Waals surface area contributed by atoms with Gasteiger partial charge in [-0.15, -0.1) is 0 Å². The highest BCUT2D eigenvalue weighted by Gasteiger charge is 2.35. The van der Waals surface area contributed by atoms with Crippen LogP contribution in [0.2, 0.25) is 0 Å². The Morgan fingerprint density at radius 3 is 2.71 bits per heavy atom. The number of likely N-dealkylation sites (N-methyl/N-ethyl adjacent to an activating group) is 1. The smallest absolute Gasteiger partial charge is 0.0897 e. The Bertz CT molecular complexity index is 287. The first-order chi connectivity index (χ1) is 10.1. The van der Waals surface area contributed by atoms with Gasteiger partial charge in [0.15, 0.2) is 0 Å². The number of ether oxygens (including phenoxy) is 2. The highest BCUT2D eigenvalue weighted by atomic mass is 16.5. The Kier molecular flexibility index (Phi) is 6.89. The summed E-state index contributed by atoms with van der Waals surface area (Å²) in [6, 6.07) is 0. The van der Waals surface area contributed by atoms with Crippen molar-refractivity contribution in [3.05, 3.63) is 0 Å². The molecule has 0 aromatic rings. The van der Waals surface area contributed by atoms with E-state index in [1.165, 1.54) is 25.7 Å². The summed E-state index contributed by atoms with van der Waals surface area (Å²) >= 11 is 0. The molecular weight excluding hydrogens is 268 g/mol. The standard InChI is InChI=1S/C16H32N2O3/c1-18(2)16(7-3-4-8-16)13-17-10-14(19)11-20-12-15-6-5-9-21-15/h14-15,17,19H,3-13H2,1-2H3. The van der Waals surface area contributed by atoms with Crippen LogP contribution < -0.4 is 5.32 Å². The summed E-state index contributed by atoms with van der Waals surface area (Å²) in [7, 11) is 4.32. The molecular formula is C16H32N2O3. The Balaban J connectivity index is 1.56. The van der Waals surface area contributed by atoms with E-state index in [4.69, 9.17) is 9.47 Å². The summed E-state index contributed by atoms with van der Waals surface area (Å²) in [5, 5.41) is 13.4. The summed E-state index contributed by atoms with van der Waals surface area (Å²) in [5.74, 6) is 0. The Hall–Kier alpha value is -0.200. The zero-order chi connectivity index (χ0) is 15.1. The van der Waals surface area contributed by atoms with Crippen LogP contribution in [0, 0.1) is 0 Å². The molecule has 0 spiro atoms. The van der Waals surface area contributed by atoms with Gasteiger partial charge in [-0.05, 0) is 39.8 Å². The van der Waals surface area contributed by atoms with Crippen molar-refractivity contribution in [2.45, 2.75) is 56.3 Å². The predicted octanol–water partition coefficient (Wildman–Crippen LogP) is 1.01. The molecule has 0 bridgehead atoms. The first-order valence-electron chi connectivity index (χ1n) is 8.38. The molecule has 1 heterocycles. The molecule has 1 saturated heterocycles. The predicted molar refractivity (Wildman–Crippen MR) is 83.6 cm³/mol. The minimum atomic E-state index is -0.438. The highest BCUT2D eigenvalue weighted by molar-refractivity contribution is 4.94. The van der Waals surface area contributed by atoms with E-state index < -0.39 is 6.10 Å². The molecule has 0 aromatic heterocycles. The Morgan fingerprint density at radius 1 is 1.33 bits per heavy atom. The molecule has 0 amide bonds. The van der Waals surface area contributed by atoms with Crippen molar-refractivity contribution in [1.29, 1.82) is 0 Å². The van der Waals surface area contributed by atoms with Crippen LogP contribution in [0.5, 0.6) is 0 Å². The van der Waals surface area contributed by atoms with Crippen LogP contribution in [0.15, 0.2) is 0 Å². The molecule has 2 rings (SSSR count). The lowest BCUT2D eigenvalue weighted by atomic mass is 9.96. The van der Waals surface area contributed by atoms with E-state index in [9.17, 15) is 5.11 Å². The number of rotatable bonds is 9. The van der Waals surface area contributed by atoms with E-state index in [0.29, 0.717) is 19.8 Å². The van der Waals surface area contributed by atoms with Gasteiger partial charge >= 0.3 is 0 Å². The molecule has 0 radical (unpaired) electrons. The molecule has 2 unspecified atom stereocenters. The lowest BCUT2D eigenvalue weighted by molar-refractivity contribution is -0.0170. The van der Waals surface area contributed by atoms with Crippen LogP contribution in [0.25, 0.3) is 0 Å². The van der Waals surface area contributed by atoms with E-state index in [2.05, 4.69) is 24.3 Å². The average Bonchev–Trinajstić information content (AvgIpc) is 3.10. The van der Waals surface area contributed by atoms with Gasteiger partial charge in [-0.25, -0.2) is 0 Å². The first-order valence-corrected chi connectivity index (χ1v) is 8.38. The molecule has 21 heavy (non-hydrogen) atoms. The van der Waals surface area contributed by atoms with Gasteiger partial charge < -0.3 is 24.8 Å². The molecule has 1 saturated carbocycles. The van der Waals surface area contributed by atoms with Crippen molar-refractivity contribution in [2.24, 2.45) is 0 Å². The van der Waals surface area contributed by atoms with Gasteiger partial charge in [0, 0.05) is 25.2 Å². The minimum Gasteiger partial charge on any atom is -0.389 e. The Labute approximate surface area is 129 Å². The lowest BCUT2D eigenvalue weighted by Crippen LogP contribution is -2.51. The second kappa shape index (κ2) is 8.44. The van der Waals surface area contributed by atoms with Crippen LogP contribution in [0.1, 0.15) is 38.5 Å². The molecule has 2 N–H and O–H groups in total. The maximum Gasteiger partial charge on any atom is 0.0897 e. The van der Waals surface area contributed by atoms with E-state index in [0.717, 1.165) is 26.0 Å². The van der Waals surface area contributed by atoms with Gasteiger partial charge in [-0.3, -0.25) is 0 Å². The van der Waals surface area contributed by atoms with Crippen molar-refractivity contribution >= 4 is 0 Å². The van der Waals surface area contributed by atoms with Gasteiger partial charge in [0.2, 0.25) is 0 Å². The van der Waals surface area contributed by atoms with E-state index in [1.807, 2.05) is 0 Å². The maximum absolute atomic E-state index is 9.98. The molecule has 1 aliphatic carbocycles. The van der Waals surface area contributed by atoms with Crippen LogP contribution in [-0.4, -0.2) is 74.8 Å². The zero-order valence-electron chi connectivity index (χ0n) is 13.6. The summed E-state index contributed by atoms with van der Waals surface area (Å²) in [4.78, 5) is 2.34. The van der Waals surface area contributed by atoms with Gasteiger partial charge in [-0.2, -0.15) is 0 Å². The zero-order valence-corrected chi connectivity index (χ0v) is 13.6. The molecule has 5 heteroatoms. The van der Waals surface area contributed by atoms with Crippen molar-refractivity contribution in [3.8, 4) is 0 Å². The highest BCUT2D eigenvalue weighted by Crippen LogP contribution is 2.32. The van der Waals surface area contributed by atoms with Crippen LogP contribution in [-0.2, 0) is 9.47 Å². The number of nitrogens with zero attached hydrogens (tertiary/aromatic N) is 1. The third-order valence-electron chi connectivity index (χ3n) is 4.95. The SMILES string of the molecule is CN(C)C1(CNCC(O)COCC2CCCO2)CCCC1. The van der Waals surface area contributed by atoms with Gasteiger partial charge in [0.1, 0.15) is 0 Å². The fourth-order valence-electron chi connectivity index (χ4n) is 3.46. The van der Waals surface area contributed by atoms with Crippen molar-refractivity contribution < 1.29 is 14.6 Å². The summed E-state index contributed by atoms with van der Waals surface area (Å²) in [6.45, 7) is 3.40. The fraction of sp³-hybridized carbons (Fsp3) is 1.00. The normalized spacial score (nSPS) is 26.6. The van der Waals surface area contributed by atoms with Crippen LogP contribution in [0.4, 0.5) is 0 Å². The average molecular weight is 300 g/mol. The maximum atomic E-state index is 9.98. The van der Waals surface area contributed by atoms with E-state index >= 15 is 0 Å². The second-order valence-corrected chi connectivity index (χ2v) is 6.78. The van der Waals surface area contributed by atoms with E-state index in [-0.39, 0.29) is 11.6 Å². The monoisotopic (exact) mass is 300 g/mol. The number of hydrogen-bond donors (Lipinski definition) is 2.